The van der Waals surface area contributed by atoms with Crippen LogP contribution in [0.5, 0.6) is 0 Å². The van der Waals surface area contributed by atoms with Gasteiger partial charge in [0.25, 0.3) is 0 Å². The maximum Gasteiger partial charge on any atom is 0.151 e. The Bertz CT molecular complexity index is 545. The monoisotopic (exact) mass is 267 g/mol. The van der Waals surface area contributed by atoms with Crippen LogP contribution in [0.1, 0.15) is 10.4 Å². The van der Waals surface area contributed by atoms with Crippen molar-refractivity contribution in [3.05, 3.63) is 52.9 Å². The Hall–Kier alpha value is -1.39. The van der Waals surface area contributed by atoms with E-state index in [1.807, 2.05) is 0 Å². The highest BCUT2D eigenvalue weighted by Crippen LogP contribution is 2.29. The van der Waals surface area contributed by atoms with Gasteiger partial charge >= 0.3 is 0 Å². The highest BCUT2D eigenvalue weighted by atomic mass is 35.5. The molecule has 0 bridgehead atoms. The fourth-order valence-corrected chi connectivity index (χ4v) is 2.18. The maximum absolute atomic E-state index is 12.9. The van der Waals surface area contributed by atoms with Crippen molar-refractivity contribution < 1.29 is 9.18 Å². The molecule has 2 nitrogen and oxygen atoms in total. The largest absolute Gasteiger partial charge is 0.298 e. The van der Waals surface area contributed by atoms with Crippen LogP contribution in [0, 0.1) is 5.82 Å². The summed E-state index contributed by atoms with van der Waals surface area (Å²) in [5.41, 5.74) is 0.312. The zero-order chi connectivity index (χ0) is 12.3. The smallest absolute Gasteiger partial charge is 0.151 e. The van der Waals surface area contributed by atoms with Crippen molar-refractivity contribution >= 4 is 29.6 Å². The van der Waals surface area contributed by atoms with Crippen LogP contribution in [0.2, 0.25) is 5.02 Å². The van der Waals surface area contributed by atoms with Crippen LogP contribution in [0.15, 0.2) is 46.5 Å². The minimum Gasteiger partial charge on any atom is -0.298 e. The molecule has 1 aromatic carbocycles. The molecule has 1 aromatic heterocycles. The first-order valence-electron chi connectivity index (χ1n) is 4.73. The fraction of sp³-hybridized carbons (Fsp3) is 0. The number of nitrogens with zero attached hydrogens (tertiary/aromatic N) is 1. The van der Waals surface area contributed by atoms with Crippen molar-refractivity contribution in [3.63, 3.8) is 0 Å². The van der Waals surface area contributed by atoms with Gasteiger partial charge in [0.1, 0.15) is 10.8 Å². The van der Waals surface area contributed by atoms with Gasteiger partial charge in [-0.3, -0.25) is 4.79 Å². The summed E-state index contributed by atoms with van der Waals surface area (Å²) in [5, 5.41) is 1.24. The van der Waals surface area contributed by atoms with Crippen LogP contribution in [-0.2, 0) is 0 Å². The average Bonchev–Trinajstić information content (AvgIpc) is 2.34. The van der Waals surface area contributed by atoms with Gasteiger partial charge in [0.15, 0.2) is 6.29 Å². The van der Waals surface area contributed by atoms with Gasteiger partial charge in [0.05, 0.1) is 5.02 Å². The predicted molar refractivity (Wildman–Crippen MR) is 65.2 cm³/mol. The van der Waals surface area contributed by atoms with E-state index in [-0.39, 0.29) is 0 Å². The lowest BCUT2D eigenvalue weighted by atomic mass is 10.2. The minimum atomic E-state index is -0.430. The molecule has 0 saturated carbocycles. The zero-order valence-corrected chi connectivity index (χ0v) is 10.1. The first-order valence-corrected chi connectivity index (χ1v) is 5.92. The minimum absolute atomic E-state index is 0.312. The molecule has 1 heterocycles. The Balaban J connectivity index is 2.29. The molecule has 17 heavy (non-hydrogen) atoms. The summed E-state index contributed by atoms with van der Waals surface area (Å²) in [6.45, 7) is 0. The second kappa shape index (κ2) is 5.29. The quantitative estimate of drug-likeness (QED) is 0.792. The average molecular weight is 268 g/mol. The number of aromatic nitrogens is 1. The molecule has 0 unspecified atom stereocenters. The third-order valence-corrected chi connectivity index (χ3v) is 3.28. The van der Waals surface area contributed by atoms with E-state index < -0.39 is 5.82 Å². The first-order chi connectivity index (χ1) is 8.19. The normalized spacial score (nSPS) is 10.2. The highest BCUT2D eigenvalue weighted by molar-refractivity contribution is 7.99. The lowest BCUT2D eigenvalue weighted by Gasteiger charge is -2.03. The molecule has 0 N–H and O–H groups in total. The van der Waals surface area contributed by atoms with Crippen molar-refractivity contribution in [2.24, 2.45) is 0 Å². The van der Waals surface area contributed by atoms with Crippen molar-refractivity contribution in [2.75, 3.05) is 0 Å². The number of rotatable bonds is 3. The number of benzene rings is 1. The van der Waals surface area contributed by atoms with Crippen molar-refractivity contribution in [2.45, 2.75) is 9.92 Å². The van der Waals surface area contributed by atoms with E-state index in [1.165, 1.54) is 30.1 Å². The van der Waals surface area contributed by atoms with E-state index in [0.717, 1.165) is 0 Å². The maximum atomic E-state index is 12.9. The standard InChI is InChI=1S/C12H7ClFNOS/c13-9-1-4-12(15-6-9)17-11-3-2-10(14)5-8(11)7-16/h1-7H. The molecule has 2 rings (SSSR count). The van der Waals surface area contributed by atoms with Crippen molar-refractivity contribution in [1.29, 1.82) is 0 Å². The summed E-state index contributed by atoms with van der Waals surface area (Å²) < 4.78 is 12.9. The van der Waals surface area contributed by atoms with Gasteiger partial charge in [-0.05, 0) is 30.3 Å². The number of hydrogen-bond acceptors (Lipinski definition) is 3. The summed E-state index contributed by atoms with van der Waals surface area (Å²) in [4.78, 5) is 15.6. The molecule has 0 fully saturated rings. The third-order valence-electron chi connectivity index (χ3n) is 2.01. The number of aldehydes is 1. The number of halogens is 2. The molecule has 0 spiro atoms. The number of pyridine rings is 1. The van der Waals surface area contributed by atoms with Gasteiger partial charge in [-0.25, -0.2) is 9.37 Å². The SMILES string of the molecule is O=Cc1cc(F)ccc1Sc1ccc(Cl)cn1. The molecule has 5 heteroatoms. The number of hydrogen-bond donors (Lipinski definition) is 0. The summed E-state index contributed by atoms with van der Waals surface area (Å²) in [5.74, 6) is -0.430. The summed E-state index contributed by atoms with van der Waals surface area (Å²) in [6.07, 6.45) is 2.15. The Morgan fingerprint density at radius 2 is 2.12 bits per heavy atom. The Morgan fingerprint density at radius 1 is 1.29 bits per heavy atom. The van der Waals surface area contributed by atoms with Crippen molar-refractivity contribution in [1.82, 2.24) is 4.98 Å². The molecular formula is C12H7ClFNOS. The van der Waals surface area contributed by atoms with E-state index in [4.69, 9.17) is 11.6 Å². The summed E-state index contributed by atoms with van der Waals surface area (Å²) >= 11 is 7.01. The summed E-state index contributed by atoms with van der Waals surface area (Å²) in [7, 11) is 0. The van der Waals surface area contributed by atoms with E-state index in [9.17, 15) is 9.18 Å². The molecule has 0 radical (unpaired) electrons. The van der Waals surface area contributed by atoms with E-state index in [2.05, 4.69) is 4.98 Å². The second-order valence-electron chi connectivity index (χ2n) is 3.22. The van der Waals surface area contributed by atoms with Crippen LogP contribution < -0.4 is 0 Å². The molecule has 86 valence electrons. The van der Waals surface area contributed by atoms with Gasteiger partial charge in [0, 0.05) is 16.7 Å². The van der Waals surface area contributed by atoms with Crippen LogP contribution >= 0.6 is 23.4 Å². The molecule has 0 saturated heterocycles. The van der Waals surface area contributed by atoms with Gasteiger partial charge in [0.2, 0.25) is 0 Å². The van der Waals surface area contributed by atoms with E-state index in [1.54, 1.807) is 18.2 Å². The summed E-state index contributed by atoms with van der Waals surface area (Å²) in [6, 6.07) is 7.52. The fourth-order valence-electron chi connectivity index (χ4n) is 1.24. The van der Waals surface area contributed by atoms with Crippen LogP contribution in [-0.4, -0.2) is 11.3 Å². The lowest BCUT2D eigenvalue weighted by Crippen LogP contribution is -1.88. The predicted octanol–water partition coefficient (Wildman–Crippen LogP) is 3.84. The first kappa shape index (κ1) is 12.1. The molecular weight excluding hydrogens is 261 g/mol. The molecule has 0 atom stereocenters. The van der Waals surface area contributed by atoms with Crippen LogP contribution in [0.4, 0.5) is 4.39 Å². The second-order valence-corrected chi connectivity index (χ2v) is 4.72. The van der Waals surface area contributed by atoms with E-state index >= 15 is 0 Å². The molecule has 0 amide bonds. The van der Waals surface area contributed by atoms with Crippen LogP contribution in [0.3, 0.4) is 0 Å². The topological polar surface area (TPSA) is 30.0 Å². The van der Waals surface area contributed by atoms with E-state index in [0.29, 0.717) is 26.8 Å². The van der Waals surface area contributed by atoms with Crippen molar-refractivity contribution in [3.8, 4) is 0 Å². The Kier molecular flexibility index (Phi) is 3.76. The van der Waals surface area contributed by atoms with Gasteiger partial charge in [-0.15, -0.1) is 0 Å². The highest BCUT2D eigenvalue weighted by Gasteiger charge is 2.06. The lowest BCUT2D eigenvalue weighted by molar-refractivity contribution is 0.112. The molecule has 0 aliphatic rings. The van der Waals surface area contributed by atoms with Crippen LogP contribution in [0.25, 0.3) is 0 Å². The Morgan fingerprint density at radius 3 is 2.76 bits per heavy atom. The number of carbonyl (C=O) groups is 1. The van der Waals surface area contributed by atoms with Gasteiger partial charge in [-0.1, -0.05) is 23.4 Å². The zero-order valence-electron chi connectivity index (χ0n) is 8.56. The van der Waals surface area contributed by atoms with Gasteiger partial charge in [-0.2, -0.15) is 0 Å². The molecule has 2 aromatic rings. The third kappa shape index (κ3) is 3.05. The Labute approximate surface area is 107 Å². The molecule has 0 aliphatic carbocycles. The number of carbonyl (C=O) groups excluding carboxylic acids is 1. The van der Waals surface area contributed by atoms with Gasteiger partial charge < -0.3 is 0 Å². The molecule has 0 aliphatic heterocycles.